The van der Waals surface area contributed by atoms with Crippen molar-refractivity contribution in [2.45, 2.75) is 33.6 Å². The van der Waals surface area contributed by atoms with Crippen LogP contribution < -0.4 is 10.6 Å². The molecule has 1 aromatic heterocycles. The van der Waals surface area contributed by atoms with Gasteiger partial charge in [-0.3, -0.25) is 0 Å². The van der Waals surface area contributed by atoms with Crippen molar-refractivity contribution >= 4 is 34.9 Å². The van der Waals surface area contributed by atoms with Gasteiger partial charge in [-0.1, -0.05) is 12.1 Å². The third-order valence-corrected chi connectivity index (χ3v) is 4.00. The zero-order chi connectivity index (χ0) is 18.7. The summed E-state index contributed by atoms with van der Waals surface area (Å²) >= 11 is 5.97. The molecule has 0 aliphatic heterocycles. The van der Waals surface area contributed by atoms with Crippen LogP contribution in [0, 0.1) is 27.7 Å². The van der Waals surface area contributed by atoms with Crippen LogP contribution in [-0.2, 0) is 5.88 Å². The zero-order valence-electron chi connectivity index (χ0n) is 15.4. The molecule has 0 bridgehead atoms. The Hall–Kier alpha value is -2.66. The highest BCUT2D eigenvalue weighted by Gasteiger charge is 2.08. The van der Waals surface area contributed by atoms with Gasteiger partial charge in [0.2, 0.25) is 11.9 Å². The second-order valence-electron chi connectivity index (χ2n) is 6.54. The van der Waals surface area contributed by atoms with Gasteiger partial charge in [0.25, 0.3) is 0 Å². The summed E-state index contributed by atoms with van der Waals surface area (Å²) in [5.41, 5.74) is 6.57. The number of nitrogens with zero attached hydrogens (tertiary/aromatic N) is 3. The monoisotopic (exact) mass is 367 g/mol. The van der Waals surface area contributed by atoms with Crippen LogP contribution in [0.2, 0.25) is 0 Å². The van der Waals surface area contributed by atoms with Gasteiger partial charge in [-0.15, -0.1) is 11.6 Å². The topological polar surface area (TPSA) is 62.7 Å². The number of benzene rings is 2. The first kappa shape index (κ1) is 18.1. The lowest BCUT2D eigenvalue weighted by atomic mass is 10.1. The van der Waals surface area contributed by atoms with Gasteiger partial charge < -0.3 is 10.6 Å². The molecule has 0 radical (unpaired) electrons. The van der Waals surface area contributed by atoms with E-state index in [2.05, 4.69) is 65.4 Å². The Morgan fingerprint density at radius 1 is 0.654 bits per heavy atom. The lowest BCUT2D eigenvalue weighted by molar-refractivity contribution is 0.973. The Balaban J connectivity index is 1.90. The third-order valence-electron chi connectivity index (χ3n) is 3.76. The molecule has 0 aliphatic rings. The van der Waals surface area contributed by atoms with Crippen LogP contribution in [0.3, 0.4) is 0 Å². The number of aryl methyl sites for hydroxylation is 4. The molecule has 0 saturated heterocycles. The summed E-state index contributed by atoms with van der Waals surface area (Å²) < 4.78 is 0. The van der Waals surface area contributed by atoms with Crippen molar-refractivity contribution in [3.05, 3.63) is 64.5 Å². The van der Waals surface area contributed by atoms with Gasteiger partial charge in [-0.25, -0.2) is 0 Å². The Morgan fingerprint density at radius 2 is 1.04 bits per heavy atom. The van der Waals surface area contributed by atoms with E-state index in [9.17, 15) is 0 Å². The van der Waals surface area contributed by atoms with Crippen LogP contribution in [0.4, 0.5) is 23.3 Å². The van der Waals surface area contributed by atoms with Crippen LogP contribution in [0.5, 0.6) is 0 Å². The van der Waals surface area contributed by atoms with E-state index in [4.69, 9.17) is 11.6 Å². The van der Waals surface area contributed by atoms with Crippen LogP contribution in [0.1, 0.15) is 28.1 Å². The standard InChI is InChI=1S/C20H22ClN5/c1-12-5-13(2)8-16(7-12)22-19-24-18(11-21)25-20(26-19)23-17-9-14(3)6-15(4)10-17/h5-10H,11H2,1-4H3,(H2,22,23,24,25,26). The summed E-state index contributed by atoms with van der Waals surface area (Å²) in [5, 5.41) is 6.50. The van der Waals surface area contributed by atoms with E-state index in [1.807, 2.05) is 24.3 Å². The van der Waals surface area contributed by atoms with Crippen LogP contribution >= 0.6 is 11.6 Å². The molecule has 0 spiro atoms. The average Bonchev–Trinajstić information content (AvgIpc) is 2.52. The summed E-state index contributed by atoms with van der Waals surface area (Å²) in [6.45, 7) is 8.23. The van der Waals surface area contributed by atoms with Crippen molar-refractivity contribution in [2.24, 2.45) is 0 Å². The van der Waals surface area contributed by atoms with Gasteiger partial charge in [0, 0.05) is 11.4 Å². The van der Waals surface area contributed by atoms with Crippen molar-refractivity contribution in [3.8, 4) is 0 Å². The zero-order valence-corrected chi connectivity index (χ0v) is 16.1. The molecule has 0 fully saturated rings. The summed E-state index contributed by atoms with van der Waals surface area (Å²) in [7, 11) is 0. The minimum Gasteiger partial charge on any atom is -0.324 e. The number of halogens is 1. The van der Waals surface area contributed by atoms with E-state index in [1.54, 1.807) is 0 Å². The lowest BCUT2D eigenvalue weighted by Crippen LogP contribution is -2.07. The van der Waals surface area contributed by atoms with Crippen molar-refractivity contribution in [3.63, 3.8) is 0 Å². The maximum Gasteiger partial charge on any atom is 0.232 e. The van der Waals surface area contributed by atoms with Gasteiger partial charge in [0.15, 0.2) is 5.82 Å². The first-order chi connectivity index (χ1) is 12.4. The largest absolute Gasteiger partial charge is 0.324 e. The van der Waals surface area contributed by atoms with E-state index < -0.39 is 0 Å². The fourth-order valence-corrected chi connectivity index (χ4v) is 3.06. The summed E-state index contributed by atoms with van der Waals surface area (Å²) in [6.07, 6.45) is 0. The van der Waals surface area contributed by atoms with Crippen molar-refractivity contribution < 1.29 is 0 Å². The molecular weight excluding hydrogens is 346 g/mol. The number of nitrogens with one attached hydrogen (secondary N) is 2. The summed E-state index contributed by atoms with van der Waals surface area (Å²) in [4.78, 5) is 13.2. The first-order valence-electron chi connectivity index (χ1n) is 8.43. The molecule has 0 atom stereocenters. The lowest BCUT2D eigenvalue weighted by Gasteiger charge is -2.11. The molecule has 3 rings (SSSR count). The molecule has 1 heterocycles. The Kier molecular flexibility index (Phi) is 5.38. The number of aromatic nitrogens is 3. The van der Waals surface area contributed by atoms with Crippen molar-refractivity contribution in [2.75, 3.05) is 10.6 Å². The smallest absolute Gasteiger partial charge is 0.232 e. The SMILES string of the molecule is Cc1cc(C)cc(Nc2nc(CCl)nc(Nc3cc(C)cc(C)c3)n2)c1. The van der Waals surface area contributed by atoms with E-state index in [0.29, 0.717) is 17.7 Å². The molecule has 2 aromatic carbocycles. The maximum absolute atomic E-state index is 5.97. The Morgan fingerprint density at radius 3 is 1.38 bits per heavy atom. The molecule has 2 N–H and O–H groups in total. The maximum atomic E-state index is 5.97. The third kappa shape index (κ3) is 4.70. The molecular formula is C20H22ClN5. The fraction of sp³-hybridized carbons (Fsp3) is 0.250. The molecule has 0 unspecified atom stereocenters. The molecule has 26 heavy (non-hydrogen) atoms. The predicted octanol–water partition coefficient (Wildman–Crippen LogP) is 5.33. The predicted molar refractivity (Wildman–Crippen MR) is 108 cm³/mol. The van der Waals surface area contributed by atoms with Gasteiger partial charge in [-0.2, -0.15) is 15.0 Å². The van der Waals surface area contributed by atoms with Crippen LogP contribution in [0.15, 0.2) is 36.4 Å². The molecule has 134 valence electrons. The number of anilines is 4. The van der Waals surface area contributed by atoms with Crippen LogP contribution in [0.25, 0.3) is 0 Å². The molecule has 3 aromatic rings. The van der Waals surface area contributed by atoms with Crippen LogP contribution in [-0.4, -0.2) is 15.0 Å². The second kappa shape index (κ2) is 7.70. The highest BCUT2D eigenvalue weighted by molar-refractivity contribution is 6.16. The number of rotatable bonds is 5. The number of hydrogen-bond acceptors (Lipinski definition) is 5. The first-order valence-corrected chi connectivity index (χ1v) is 8.96. The fourth-order valence-electron chi connectivity index (χ4n) is 2.94. The number of alkyl halides is 1. The van der Waals surface area contributed by atoms with Crippen molar-refractivity contribution in [1.82, 2.24) is 15.0 Å². The van der Waals surface area contributed by atoms with E-state index in [-0.39, 0.29) is 5.88 Å². The summed E-state index contributed by atoms with van der Waals surface area (Å²) in [5.74, 6) is 1.66. The second-order valence-corrected chi connectivity index (χ2v) is 6.80. The van der Waals surface area contributed by atoms with Gasteiger partial charge in [0.05, 0.1) is 5.88 Å². The molecule has 0 amide bonds. The highest BCUT2D eigenvalue weighted by Crippen LogP contribution is 2.21. The minimum atomic E-state index is 0.214. The quantitative estimate of drug-likeness (QED) is 0.596. The van der Waals surface area contributed by atoms with Crippen molar-refractivity contribution in [1.29, 1.82) is 0 Å². The van der Waals surface area contributed by atoms with E-state index in [1.165, 1.54) is 22.3 Å². The van der Waals surface area contributed by atoms with Gasteiger partial charge in [0.1, 0.15) is 0 Å². The van der Waals surface area contributed by atoms with Gasteiger partial charge in [-0.05, 0) is 74.2 Å². The Bertz CT molecular complexity index is 827. The van der Waals surface area contributed by atoms with Gasteiger partial charge >= 0.3 is 0 Å². The normalized spacial score (nSPS) is 10.7. The summed E-state index contributed by atoms with van der Waals surface area (Å²) in [6, 6.07) is 12.4. The number of hydrogen-bond donors (Lipinski definition) is 2. The Labute approximate surface area is 158 Å². The highest BCUT2D eigenvalue weighted by atomic mass is 35.5. The molecule has 0 saturated carbocycles. The average molecular weight is 368 g/mol. The van der Waals surface area contributed by atoms with E-state index in [0.717, 1.165) is 11.4 Å². The molecule has 0 aliphatic carbocycles. The van der Waals surface area contributed by atoms with E-state index >= 15 is 0 Å². The molecule has 5 nitrogen and oxygen atoms in total. The minimum absolute atomic E-state index is 0.214. The molecule has 6 heteroatoms.